The Morgan fingerprint density at radius 1 is 1.42 bits per heavy atom. The van der Waals surface area contributed by atoms with Crippen LogP contribution in [-0.4, -0.2) is 18.9 Å². The largest absolute Gasteiger partial charge is 0.317 e. The van der Waals surface area contributed by atoms with Gasteiger partial charge in [0.1, 0.15) is 5.78 Å². The molecule has 0 radical (unpaired) electrons. The molecule has 0 aliphatic carbocycles. The van der Waals surface area contributed by atoms with E-state index in [1.807, 2.05) is 0 Å². The van der Waals surface area contributed by atoms with Crippen molar-refractivity contribution in [2.24, 2.45) is 11.8 Å². The van der Waals surface area contributed by atoms with Crippen molar-refractivity contribution in [3.05, 3.63) is 0 Å². The lowest BCUT2D eigenvalue weighted by Gasteiger charge is -2.21. The number of hydrogen-bond acceptors (Lipinski definition) is 2. The molecule has 0 spiro atoms. The van der Waals surface area contributed by atoms with Crippen molar-refractivity contribution in [3.8, 4) is 0 Å². The number of nitrogens with one attached hydrogen (secondary N) is 1. The molecule has 0 atom stereocenters. The Morgan fingerprint density at radius 3 is 2.50 bits per heavy atom. The first-order chi connectivity index (χ1) is 5.70. The Kier molecular flexibility index (Phi) is 3.73. The first kappa shape index (κ1) is 9.72. The van der Waals surface area contributed by atoms with Gasteiger partial charge in [-0.1, -0.05) is 13.8 Å². The zero-order valence-corrected chi connectivity index (χ0v) is 8.10. The fourth-order valence-corrected chi connectivity index (χ4v) is 1.71. The van der Waals surface area contributed by atoms with Crippen LogP contribution in [0.2, 0.25) is 0 Å². The second-order valence-corrected chi connectivity index (χ2v) is 4.09. The molecule has 0 saturated carbocycles. The first-order valence-electron chi connectivity index (χ1n) is 4.93. The Labute approximate surface area is 74.7 Å². The van der Waals surface area contributed by atoms with E-state index in [0.29, 0.717) is 17.6 Å². The van der Waals surface area contributed by atoms with E-state index in [0.717, 1.165) is 32.4 Å². The quantitative estimate of drug-likeness (QED) is 0.695. The summed E-state index contributed by atoms with van der Waals surface area (Å²) >= 11 is 0. The lowest BCUT2D eigenvalue weighted by atomic mass is 9.89. The third kappa shape index (κ3) is 2.94. The van der Waals surface area contributed by atoms with Crippen LogP contribution in [0, 0.1) is 11.8 Å². The van der Waals surface area contributed by atoms with Crippen LogP contribution in [0.4, 0.5) is 0 Å². The molecule has 1 heterocycles. The van der Waals surface area contributed by atoms with E-state index in [9.17, 15) is 4.79 Å². The maximum Gasteiger partial charge on any atom is 0.136 e. The normalized spacial score (nSPS) is 19.9. The summed E-state index contributed by atoms with van der Waals surface area (Å²) in [7, 11) is 0. The maximum absolute atomic E-state index is 11.6. The molecule has 0 amide bonds. The van der Waals surface area contributed by atoms with Crippen molar-refractivity contribution < 1.29 is 4.79 Å². The van der Waals surface area contributed by atoms with Crippen LogP contribution in [0.1, 0.15) is 33.1 Å². The van der Waals surface area contributed by atoms with Gasteiger partial charge >= 0.3 is 0 Å². The summed E-state index contributed by atoms with van der Waals surface area (Å²) in [6.45, 7) is 6.26. The van der Waals surface area contributed by atoms with E-state index in [1.165, 1.54) is 0 Å². The van der Waals surface area contributed by atoms with Crippen LogP contribution in [0.25, 0.3) is 0 Å². The number of carbonyl (C=O) groups excluding carboxylic acids is 1. The van der Waals surface area contributed by atoms with Gasteiger partial charge in [-0.2, -0.15) is 0 Å². The van der Waals surface area contributed by atoms with Gasteiger partial charge in [-0.3, -0.25) is 4.79 Å². The second-order valence-electron chi connectivity index (χ2n) is 4.09. The van der Waals surface area contributed by atoms with Crippen molar-refractivity contribution in [1.82, 2.24) is 5.32 Å². The standard InChI is InChI=1S/C10H19NO/c1-8(2)7-10(12)9-3-5-11-6-4-9/h8-9,11H,3-7H2,1-2H3. The van der Waals surface area contributed by atoms with Crippen LogP contribution in [0.5, 0.6) is 0 Å². The van der Waals surface area contributed by atoms with E-state index < -0.39 is 0 Å². The van der Waals surface area contributed by atoms with Gasteiger partial charge in [0.25, 0.3) is 0 Å². The van der Waals surface area contributed by atoms with Gasteiger partial charge in [0, 0.05) is 12.3 Å². The van der Waals surface area contributed by atoms with Gasteiger partial charge in [0.15, 0.2) is 0 Å². The van der Waals surface area contributed by atoms with Gasteiger partial charge in [0.2, 0.25) is 0 Å². The highest BCUT2D eigenvalue weighted by molar-refractivity contribution is 5.81. The zero-order chi connectivity index (χ0) is 8.97. The molecule has 1 rings (SSSR count). The minimum absolute atomic E-state index is 0.355. The minimum atomic E-state index is 0.355. The van der Waals surface area contributed by atoms with E-state index >= 15 is 0 Å². The van der Waals surface area contributed by atoms with Gasteiger partial charge in [0.05, 0.1) is 0 Å². The third-order valence-electron chi connectivity index (χ3n) is 2.40. The summed E-state index contributed by atoms with van der Waals surface area (Å²) in [5, 5.41) is 3.27. The number of rotatable bonds is 3. The summed E-state index contributed by atoms with van der Waals surface area (Å²) in [6, 6.07) is 0. The smallest absolute Gasteiger partial charge is 0.136 e. The lowest BCUT2D eigenvalue weighted by molar-refractivity contribution is -0.124. The average Bonchev–Trinajstić information content (AvgIpc) is 2.05. The Hall–Kier alpha value is -0.370. The predicted octanol–water partition coefficient (Wildman–Crippen LogP) is 1.60. The fraction of sp³-hybridized carbons (Fsp3) is 0.900. The second kappa shape index (κ2) is 4.61. The van der Waals surface area contributed by atoms with Gasteiger partial charge in [-0.15, -0.1) is 0 Å². The predicted molar refractivity (Wildman–Crippen MR) is 50.1 cm³/mol. The minimum Gasteiger partial charge on any atom is -0.317 e. The van der Waals surface area contributed by atoms with Gasteiger partial charge < -0.3 is 5.32 Å². The highest BCUT2D eigenvalue weighted by atomic mass is 16.1. The van der Waals surface area contributed by atoms with Crippen molar-refractivity contribution in [2.45, 2.75) is 33.1 Å². The maximum atomic E-state index is 11.6. The molecule has 2 heteroatoms. The molecule has 70 valence electrons. The fourth-order valence-electron chi connectivity index (χ4n) is 1.71. The molecule has 0 aromatic carbocycles. The average molecular weight is 169 g/mol. The van der Waals surface area contributed by atoms with Crippen LogP contribution >= 0.6 is 0 Å². The molecule has 1 aliphatic rings. The molecule has 1 N–H and O–H groups in total. The summed E-state index contributed by atoms with van der Waals surface area (Å²) in [4.78, 5) is 11.6. The van der Waals surface area contributed by atoms with Gasteiger partial charge in [-0.25, -0.2) is 0 Å². The van der Waals surface area contributed by atoms with Crippen molar-refractivity contribution in [3.63, 3.8) is 0 Å². The van der Waals surface area contributed by atoms with Gasteiger partial charge in [-0.05, 0) is 31.8 Å². The number of piperidine rings is 1. The summed E-state index contributed by atoms with van der Waals surface area (Å²) < 4.78 is 0. The van der Waals surface area contributed by atoms with Crippen LogP contribution in [0.15, 0.2) is 0 Å². The molecular weight excluding hydrogens is 150 g/mol. The highest BCUT2D eigenvalue weighted by Gasteiger charge is 2.20. The van der Waals surface area contributed by atoms with Crippen LogP contribution < -0.4 is 5.32 Å². The molecule has 1 saturated heterocycles. The molecule has 12 heavy (non-hydrogen) atoms. The Morgan fingerprint density at radius 2 is 2.00 bits per heavy atom. The number of Topliss-reactive ketones (excluding diaryl/α,β-unsaturated/α-hetero) is 1. The summed E-state index contributed by atoms with van der Waals surface area (Å²) in [6.07, 6.45) is 2.86. The Balaban J connectivity index is 2.30. The van der Waals surface area contributed by atoms with E-state index in [4.69, 9.17) is 0 Å². The molecule has 0 unspecified atom stereocenters. The molecule has 0 aromatic rings. The summed E-state index contributed by atoms with van der Waals surface area (Å²) in [5.41, 5.74) is 0. The van der Waals surface area contributed by atoms with Crippen molar-refractivity contribution >= 4 is 5.78 Å². The van der Waals surface area contributed by atoms with Crippen LogP contribution in [0.3, 0.4) is 0 Å². The zero-order valence-electron chi connectivity index (χ0n) is 8.10. The van der Waals surface area contributed by atoms with Crippen molar-refractivity contribution in [2.75, 3.05) is 13.1 Å². The molecule has 0 aromatic heterocycles. The molecule has 2 nitrogen and oxygen atoms in total. The van der Waals surface area contributed by atoms with E-state index in [-0.39, 0.29) is 0 Å². The van der Waals surface area contributed by atoms with Crippen LogP contribution in [-0.2, 0) is 4.79 Å². The van der Waals surface area contributed by atoms with E-state index in [1.54, 1.807) is 0 Å². The number of carbonyl (C=O) groups is 1. The number of hydrogen-bond donors (Lipinski definition) is 1. The lowest BCUT2D eigenvalue weighted by Crippen LogP contribution is -2.32. The first-order valence-corrected chi connectivity index (χ1v) is 4.93. The van der Waals surface area contributed by atoms with E-state index in [2.05, 4.69) is 19.2 Å². The highest BCUT2D eigenvalue weighted by Crippen LogP contribution is 2.16. The topological polar surface area (TPSA) is 29.1 Å². The SMILES string of the molecule is CC(C)CC(=O)C1CCNCC1. The monoisotopic (exact) mass is 169 g/mol. The molecule has 1 fully saturated rings. The summed E-state index contributed by atoms with van der Waals surface area (Å²) in [5.74, 6) is 1.35. The van der Waals surface area contributed by atoms with Crippen molar-refractivity contribution in [1.29, 1.82) is 0 Å². The Bertz CT molecular complexity index is 148. The molecule has 1 aliphatic heterocycles. The molecular formula is C10H19NO. The number of ketones is 1. The molecule has 0 bridgehead atoms. The third-order valence-corrected chi connectivity index (χ3v) is 2.40.